The zero-order valence-corrected chi connectivity index (χ0v) is 10.6. The Bertz CT molecular complexity index is 330. The second kappa shape index (κ2) is 3.13. The summed E-state index contributed by atoms with van der Waals surface area (Å²) in [5.74, 6) is 2.31. The van der Waals surface area contributed by atoms with E-state index in [9.17, 15) is 5.11 Å². The lowest BCUT2D eigenvalue weighted by Gasteiger charge is -2.43. The lowest BCUT2D eigenvalue weighted by atomic mass is 9.61. The average molecular weight is 220 g/mol. The third-order valence-electron chi connectivity index (χ3n) is 5.69. The smallest absolute Gasteiger partial charge is 0.0459 e. The highest BCUT2D eigenvalue weighted by Gasteiger charge is 2.78. The van der Waals surface area contributed by atoms with Crippen LogP contribution in [0.5, 0.6) is 0 Å². The van der Waals surface area contributed by atoms with Gasteiger partial charge in [0.2, 0.25) is 0 Å². The van der Waals surface area contributed by atoms with Gasteiger partial charge in [0.25, 0.3) is 0 Å². The molecule has 0 aromatic heterocycles. The van der Waals surface area contributed by atoms with Crippen LogP contribution in [-0.4, -0.2) is 11.7 Å². The summed E-state index contributed by atoms with van der Waals surface area (Å²) in [5.41, 5.74) is 2.60. The van der Waals surface area contributed by atoms with Crippen LogP contribution in [0.15, 0.2) is 12.2 Å². The van der Waals surface area contributed by atoms with Gasteiger partial charge in [-0.2, -0.15) is 0 Å². The van der Waals surface area contributed by atoms with E-state index in [-0.39, 0.29) is 0 Å². The van der Waals surface area contributed by atoms with E-state index in [1.165, 1.54) is 32.1 Å². The molecule has 3 aliphatic rings. The molecular weight excluding hydrogens is 196 g/mol. The molecule has 1 unspecified atom stereocenters. The summed E-state index contributed by atoms with van der Waals surface area (Å²) in [6.45, 7) is 9.58. The molecule has 3 fully saturated rings. The van der Waals surface area contributed by atoms with Crippen molar-refractivity contribution >= 4 is 0 Å². The lowest BCUT2D eigenvalue weighted by molar-refractivity contribution is 0.107. The van der Waals surface area contributed by atoms with Crippen molar-refractivity contribution in [2.45, 2.75) is 46.0 Å². The number of aliphatic hydroxyl groups excluding tert-OH is 1. The molecule has 90 valence electrons. The van der Waals surface area contributed by atoms with Crippen molar-refractivity contribution in [3.63, 3.8) is 0 Å². The molecule has 0 heterocycles. The molecule has 1 spiro atoms. The van der Waals surface area contributed by atoms with Crippen LogP contribution in [-0.2, 0) is 0 Å². The topological polar surface area (TPSA) is 20.2 Å². The number of rotatable bonds is 1. The lowest BCUT2D eigenvalue weighted by Crippen LogP contribution is -2.35. The molecule has 0 aromatic carbocycles. The first-order valence-corrected chi connectivity index (χ1v) is 6.81. The van der Waals surface area contributed by atoms with Gasteiger partial charge in [-0.15, -0.1) is 0 Å². The van der Waals surface area contributed by atoms with Gasteiger partial charge in [0.15, 0.2) is 0 Å². The maximum absolute atomic E-state index is 9.41. The first-order valence-electron chi connectivity index (χ1n) is 6.81. The summed E-state index contributed by atoms with van der Waals surface area (Å²) in [6.07, 6.45) is 6.26. The van der Waals surface area contributed by atoms with E-state index in [1.54, 1.807) is 5.57 Å². The highest BCUT2D eigenvalue weighted by Crippen LogP contribution is 2.84. The van der Waals surface area contributed by atoms with Gasteiger partial charge in [0, 0.05) is 6.61 Å². The Kier molecular flexibility index (Phi) is 2.12. The summed E-state index contributed by atoms with van der Waals surface area (Å²) in [4.78, 5) is 0. The van der Waals surface area contributed by atoms with Crippen LogP contribution in [0.3, 0.4) is 0 Å². The molecule has 1 nitrogen and oxygen atoms in total. The Morgan fingerprint density at radius 2 is 2.19 bits per heavy atom. The van der Waals surface area contributed by atoms with Crippen molar-refractivity contribution in [1.29, 1.82) is 0 Å². The molecule has 16 heavy (non-hydrogen) atoms. The Balaban J connectivity index is 1.82. The second-order valence-corrected chi connectivity index (χ2v) is 7.07. The van der Waals surface area contributed by atoms with Crippen molar-refractivity contribution in [3.8, 4) is 0 Å². The van der Waals surface area contributed by atoms with Crippen molar-refractivity contribution in [3.05, 3.63) is 12.2 Å². The standard InChI is InChI=1S/C15H24O/c1-10-5-4-6-11(8-16)7-12-13-14(2,3)9-15(10,12)13/h11-13,16H,1,4-9H2,2-3H3/t11?,12-,13-,15+/m0/s1. The van der Waals surface area contributed by atoms with E-state index >= 15 is 0 Å². The molecule has 0 saturated heterocycles. The SMILES string of the molecule is C=C1CCCC(CO)C[C@H]2[C@H]3C(C)(C)C[C@@]123. The van der Waals surface area contributed by atoms with Crippen molar-refractivity contribution in [2.75, 3.05) is 6.61 Å². The van der Waals surface area contributed by atoms with E-state index in [0.717, 1.165) is 11.8 Å². The molecule has 0 radical (unpaired) electrons. The van der Waals surface area contributed by atoms with E-state index in [1.807, 2.05) is 0 Å². The predicted octanol–water partition coefficient (Wildman–Crippen LogP) is 3.39. The van der Waals surface area contributed by atoms with E-state index in [4.69, 9.17) is 0 Å². The predicted molar refractivity (Wildman–Crippen MR) is 66.0 cm³/mol. The Labute approximate surface area is 98.9 Å². The normalized spacial score (nSPS) is 49.4. The van der Waals surface area contributed by atoms with E-state index in [2.05, 4.69) is 20.4 Å². The fourth-order valence-corrected chi connectivity index (χ4v) is 5.17. The Morgan fingerprint density at radius 3 is 2.81 bits per heavy atom. The number of fused-ring (bicyclic) bond motifs is 1. The third-order valence-corrected chi connectivity index (χ3v) is 5.69. The van der Waals surface area contributed by atoms with Gasteiger partial charge in [-0.25, -0.2) is 0 Å². The molecule has 1 N–H and O–H groups in total. The third kappa shape index (κ3) is 1.16. The van der Waals surface area contributed by atoms with E-state index in [0.29, 0.717) is 23.4 Å². The molecule has 1 heteroatoms. The van der Waals surface area contributed by atoms with Crippen LogP contribution in [0, 0.1) is 28.6 Å². The summed E-state index contributed by atoms with van der Waals surface area (Å²) in [6, 6.07) is 0. The van der Waals surface area contributed by atoms with Crippen LogP contribution in [0.25, 0.3) is 0 Å². The van der Waals surface area contributed by atoms with Crippen molar-refractivity contribution in [2.24, 2.45) is 28.6 Å². The fraction of sp³-hybridized carbons (Fsp3) is 0.867. The minimum Gasteiger partial charge on any atom is -0.396 e. The van der Waals surface area contributed by atoms with Gasteiger partial charge < -0.3 is 5.11 Å². The van der Waals surface area contributed by atoms with Gasteiger partial charge in [-0.3, -0.25) is 0 Å². The van der Waals surface area contributed by atoms with Crippen LogP contribution in [0.2, 0.25) is 0 Å². The van der Waals surface area contributed by atoms with Crippen molar-refractivity contribution in [1.82, 2.24) is 0 Å². The van der Waals surface area contributed by atoms with E-state index < -0.39 is 0 Å². The van der Waals surface area contributed by atoms with Gasteiger partial charge in [-0.05, 0) is 60.7 Å². The monoisotopic (exact) mass is 220 g/mol. The van der Waals surface area contributed by atoms with Gasteiger partial charge in [-0.1, -0.05) is 26.0 Å². The molecular formula is C15H24O. The largest absolute Gasteiger partial charge is 0.396 e. The molecule has 3 rings (SSSR count). The summed E-state index contributed by atoms with van der Waals surface area (Å²) in [5, 5.41) is 9.41. The minimum atomic E-state index is 0.395. The summed E-state index contributed by atoms with van der Waals surface area (Å²) >= 11 is 0. The van der Waals surface area contributed by atoms with Crippen LogP contribution in [0.4, 0.5) is 0 Å². The van der Waals surface area contributed by atoms with Crippen LogP contribution < -0.4 is 0 Å². The number of allylic oxidation sites excluding steroid dienone is 1. The fourth-order valence-electron chi connectivity index (χ4n) is 5.17. The molecule has 0 aromatic rings. The molecule has 4 atom stereocenters. The van der Waals surface area contributed by atoms with Crippen molar-refractivity contribution < 1.29 is 5.11 Å². The van der Waals surface area contributed by atoms with Gasteiger partial charge >= 0.3 is 0 Å². The quantitative estimate of drug-likeness (QED) is 0.672. The molecule has 0 bridgehead atoms. The first-order chi connectivity index (χ1) is 7.52. The maximum atomic E-state index is 9.41. The number of hydrogen-bond acceptors (Lipinski definition) is 1. The highest BCUT2D eigenvalue weighted by molar-refractivity contribution is 5.37. The van der Waals surface area contributed by atoms with Gasteiger partial charge in [0.1, 0.15) is 0 Å². The van der Waals surface area contributed by atoms with Crippen LogP contribution in [0.1, 0.15) is 46.0 Å². The average Bonchev–Trinajstić information content (AvgIpc) is 2.76. The zero-order valence-electron chi connectivity index (χ0n) is 10.6. The zero-order chi connectivity index (χ0) is 11.6. The second-order valence-electron chi connectivity index (χ2n) is 7.07. The maximum Gasteiger partial charge on any atom is 0.0459 e. The van der Waals surface area contributed by atoms with Crippen LogP contribution >= 0.6 is 0 Å². The van der Waals surface area contributed by atoms with Gasteiger partial charge in [0.05, 0.1) is 0 Å². The Morgan fingerprint density at radius 1 is 1.44 bits per heavy atom. The summed E-state index contributed by atoms with van der Waals surface area (Å²) < 4.78 is 0. The number of hydrogen-bond donors (Lipinski definition) is 1. The summed E-state index contributed by atoms with van der Waals surface area (Å²) in [7, 11) is 0. The molecule has 0 amide bonds. The molecule has 3 aliphatic carbocycles. The Hall–Kier alpha value is -0.300. The molecule has 0 aliphatic heterocycles. The highest BCUT2D eigenvalue weighted by atomic mass is 16.3. The number of aliphatic hydroxyl groups is 1. The first kappa shape index (κ1) is 10.8. The molecule has 3 saturated carbocycles. The minimum absolute atomic E-state index is 0.395.